The van der Waals surface area contributed by atoms with E-state index in [2.05, 4.69) is 5.32 Å². The molecule has 1 N–H and O–H groups in total. The number of halogens is 4. The van der Waals surface area contributed by atoms with Crippen molar-refractivity contribution in [3.8, 4) is 0 Å². The van der Waals surface area contributed by atoms with Gasteiger partial charge in [-0.3, -0.25) is 0 Å². The van der Waals surface area contributed by atoms with Gasteiger partial charge in [0.1, 0.15) is 0 Å². The van der Waals surface area contributed by atoms with E-state index in [1.165, 1.54) is 6.07 Å². The van der Waals surface area contributed by atoms with Gasteiger partial charge in [-0.2, -0.15) is 0 Å². The van der Waals surface area contributed by atoms with Gasteiger partial charge in [-0.05, 0) is 0 Å². The monoisotopic (exact) mass is 395 g/mol. The van der Waals surface area contributed by atoms with Gasteiger partial charge in [0.05, 0.1) is 0 Å². The van der Waals surface area contributed by atoms with E-state index in [9.17, 15) is 13.2 Å². The number of anilines is 2. The third kappa shape index (κ3) is 2.41. The minimum absolute atomic E-state index is 0.471. The third-order valence-corrected chi connectivity index (χ3v) is 9.18. The standard InChI is InChI=1S/C17H10AsClF3N/c19-18-13-8-6-11(17(20,21)22)9-15(13)23-16-12-4-2-1-3-10(12)5-7-14(16)18/h1-9,23H. The van der Waals surface area contributed by atoms with Crippen molar-refractivity contribution in [3.63, 3.8) is 0 Å². The van der Waals surface area contributed by atoms with E-state index < -0.39 is 25.5 Å². The predicted molar refractivity (Wildman–Crippen MR) is 89.5 cm³/mol. The molecule has 0 bridgehead atoms. The molecular formula is C17H10AsClF3N. The molecule has 0 aromatic heterocycles. The summed E-state index contributed by atoms with van der Waals surface area (Å²) in [5, 5.41) is 5.19. The fraction of sp³-hybridized carbons (Fsp3) is 0.0588. The summed E-state index contributed by atoms with van der Waals surface area (Å²) in [5.41, 5.74) is 0.648. The van der Waals surface area contributed by atoms with Crippen LogP contribution in [-0.4, -0.2) is 13.7 Å². The molecule has 1 aliphatic rings. The van der Waals surface area contributed by atoms with Gasteiger partial charge in [-0.1, -0.05) is 0 Å². The van der Waals surface area contributed by atoms with Gasteiger partial charge < -0.3 is 0 Å². The minimum atomic E-state index is -4.36. The summed E-state index contributed by atoms with van der Waals surface area (Å²) in [6.45, 7) is 0. The van der Waals surface area contributed by atoms with Crippen LogP contribution in [0, 0.1) is 0 Å². The average molecular weight is 396 g/mol. The predicted octanol–water partition coefficient (Wildman–Crippen LogP) is 4.26. The molecule has 1 aliphatic heterocycles. The van der Waals surface area contributed by atoms with Gasteiger partial charge in [0.15, 0.2) is 0 Å². The summed E-state index contributed by atoms with van der Waals surface area (Å²) in [7, 11) is 6.67. The number of alkyl halides is 3. The molecule has 1 heterocycles. The van der Waals surface area contributed by atoms with Crippen LogP contribution in [0.3, 0.4) is 0 Å². The van der Waals surface area contributed by atoms with E-state index in [1.807, 2.05) is 36.4 Å². The third-order valence-electron chi connectivity index (χ3n) is 3.91. The average Bonchev–Trinajstić information content (AvgIpc) is 2.53. The van der Waals surface area contributed by atoms with E-state index in [0.717, 1.165) is 37.3 Å². The number of benzene rings is 3. The Kier molecular flexibility index (Phi) is 3.36. The van der Waals surface area contributed by atoms with Gasteiger partial charge in [-0.25, -0.2) is 0 Å². The summed E-state index contributed by atoms with van der Waals surface area (Å²) in [6, 6.07) is 15.6. The maximum absolute atomic E-state index is 13.0. The molecule has 0 saturated carbocycles. The molecule has 1 nitrogen and oxygen atoms in total. The van der Waals surface area contributed by atoms with Crippen molar-refractivity contribution in [3.05, 3.63) is 60.2 Å². The van der Waals surface area contributed by atoms with Crippen molar-refractivity contribution in [2.75, 3.05) is 5.32 Å². The molecule has 0 amide bonds. The first-order chi connectivity index (χ1) is 10.9. The Hall–Kier alpha value is -1.64. The van der Waals surface area contributed by atoms with E-state index in [1.54, 1.807) is 0 Å². The Labute approximate surface area is 139 Å². The van der Waals surface area contributed by atoms with Crippen molar-refractivity contribution in [1.82, 2.24) is 0 Å². The second kappa shape index (κ2) is 5.19. The van der Waals surface area contributed by atoms with Crippen LogP contribution in [0.1, 0.15) is 5.56 Å². The summed E-state index contributed by atoms with van der Waals surface area (Å²) >= 11 is -2.11. The molecule has 1 unspecified atom stereocenters. The van der Waals surface area contributed by atoms with Crippen LogP contribution in [0.5, 0.6) is 0 Å². The second-order valence-electron chi connectivity index (χ2n) is 5.32. The zero-order valence-electron chi connectivity index (χ0n) is 11.7. The van der Waals surface area contributed by atoms with Gasteiger partial charge in [0.2, 0.25) is 0 Å². The fourth-order valence-electron chi connectivity index (χ4n) is 2.80. The molecule has 1 atom stereocenters. The van der Waals surface area contributed by atoms with E-state index >= 15 is 0 Å². The van der Waals surface area contributed by atoms with Crippen LogP contribution in [0.15, 0.2) is 54.6 Å². The van der Waals surface area contributed by atoms with Gasteiger partial charge in [0.25, 0.3) is 0 Å². The quantitative estimate of drug-likeness (QED) is 0.561. The topological polar surface area (TPSA) is 12.0 Å². The molecule has 0 saturated heterocycles. The van der Waals surface area contributed by atoms with Crippen LogP contribution >= 0.6 is 9.95 Å². The van der Waals surface area contributed by atoms with Crippen molar-refractivity contribution >= 4 is 54.5 Å². The Morgan fingerprint density at radius 2 is 1.65 bits per heavy atom. The number of hydrogen-bond donors (Lipinski definition) is 1. The number of hydrogen-bond acceptors (Lipinski definition) is 1. The van der Waals surface area contributed by atoms with E-state index in [4.69, 9.17) is 9.95 Å². The van der Waals surface area contributed by atoms with Crippen LogP contribution in [0.4, 0.5) is 24.5 Å². The normalized spacial score (nSPS) is 16.6. The summed E-state index contributed by atoms with van der Waals surface area (Å²) < 4.78 is 40.7. The molecule has 23 heavy (non-hydrogen) atoms. The first-order valence-electron chi connectivity index (χ1n) is 6.91. The first kappa shape index (κ1) is 14.9. The molecule has 3 aromatic carbocycles. The molecule has 0 radical (unpaired) electrons. The van der Waals surface area contributed by atoms with E-state index in [0.29, 0.717) is 5.69 Å². The second-order valence-corrected chi connectivity index (χ2v) is 10.3. The Balaban J connectivity index is 1.92. The van der Waals surface area contributed by atoms with E-state index in [-0.39, 0.29) is 0 Å². The first-order valence-corrected chi connectivity index (χ1v) is 11.3. The fourth-order valence-corrected chi connectivity index (χ4v) is 7.19. The SMILES string of the molecule is FC(F)(F)c1ccc2c(c1)Nc1c(ccc3ccccc13)[As]2Cl. The van der Waals surface area contributed by atoms with Gasteiger partial charge in [0, 0.05) is 0 Å². The van der Waals surface area contributed by atoms with Crippen LogP contribution in [-0.2, 0) is 6.18 Å². The van der Waals surface area contributed by atoms with Crippen molar-refractivity contribution < 1.29 is 13.2 Å². The number of rotatable bonds is 0. The number of nitrogens with one attached hydrogen (secondary N) is 1. The summed E-state index contributed by atoms with van der Waals surface area (Å²) in [5.74, 6) is 0. The molecule has 0 aliphatic carbocycles. The molecule has 4 rings (SSSR count). The Morgan fingerprint density at radius 1 is 0.913 bits per heavy atom. The van der Waals surface area contributed by atoms with Crippen LogP contribution in [0.25, 0.3) is 10.8 Å². The molecule has 116 valence electrons. The van der Waals surface area contributed by atoms with Gasteiger partial charge >= 0.3 is 139 Å². The van der Waals surface area contributed by atoms with Gasteiger partial charge in [-0.15, -0.1) is 0 Å². The molecular weight excluding hydrogens is 386 g/mol. The molecule has 6 heteroatoms. The zero-order chi connectivity index (χ0) is 16.2. The van der Waals surface area contributed by atoms with Crippen LogP contribution in [0.2, 0.25) is 0 Å². The molecule has 3 aromatic rings. The zero-order valence-corrected chi connectivity index (χ0v) is 14.3. The summed E-state index contributed by atoms with van der Waals surface area (Å²) in [4.78, 5) is 0. The van der Waals surface area contributed by atoms with Crippen molar-refractivity contribution in [2.45, 2.75) is 6.18 Å². The maximum atomic E-state index is 13.0. The van der Waals surface area contributed by atoms with Crippen molar-refractivity contribution in [1.29, 1.82) is 0 Å². The molecule has 0 fully saturated rings. The van der Waals surface area contributed by atoms with Crippen molar-refractivity contribution in [2.24, 2.45) is 0 Å². The number of fused-ring (bicyclic) bond motifs is 4. The Bertz CT molecular complexity index is 923. The molecule has 0 spiro atoms. The summed E-state index contributed by atoms with van der Waals surface area (Å²) in [6.07, 6.45) is -4.36. The Morgan fingerprint density at radius 3 is 2.43 bits per heavy atom. The van der Waals surface area contributed by atoms with Crippen LogP contribution < -0.4 is 14.0 Å².